The fourth-order valence-corrected chi connectivity index (χ4v) is 2.44. The standard InChI is InChI=1S/C17H17ClF3N3O2/c1-25-12-5-3-10(13(8-12)17(19,20)21)9-23-16(22)24-11-4-6-15(26-2)14(18)7-11/h3-8H,9H2,1-2H3,(H3,22,23,24). The van der Waals surface area contributed by atoms with Crippen molar-refractivity contribution in [2.45, 2.75) is 12.7 Å². The third-order valence-corrected chi connectivity index (χ3v) is 3.76. The molecular weight excluding hydrogens is 371 g/mol. The van der Waals surface area contributed by atoms with Gasteiger partial charge in [-0.3, -0.25) is 0 Å². The average Bonchev–Trinajstić information content (AvgIpc) is 2.59. The summed E-state index contributed by atoms with van der Waals surface area (Å²) >= 11 is 6.00. The van der Waals surface area contributed by atoms with Crippen molar-refractivity contribution in [1.82, 2.24) is 0 Å². The fraction of sp³-hybridized carbons (Fsp3) is 0.235. The van der Waals surface area contributed by atoms with E-state index in [0.717, 1.165) is 6.07 Å². The molecule has 0 saturated carbocycles. The minimum absolute atomic E-state index is 0.0178. The van der Waals surface area contributed by atoms with E-state index >= 15 is 0 Å². The summed E-state index contributed by atoms with van der Waals surface area (Å²) in [5.74, 6) is 0.556. The quantitative estimate of drug-likeness (QED) is 0.592. The zero-order chi connectivity index (χ0) is 19.3. The van der Waals surface area contributed by atoms with Crippen molar-refractivity contribution in [3.8, 4) is 11.5 Å². The molecule has 0 saturated heterocycles. The molecule has 0 bridgehead atoms. The van der Waals surface area contributed by atoms with Crippen molar-refractivity contribution in [3.63, 3.8) is 0 Å². The number of methoxy groups -OCH3 is 2. The summed E-state index contributed by atoms with van der Waals surface area (Å²) in [4.78, 5) is 3.96. The van der Waals surface area contributed by atoms with Crippen LogP contribution in [-0.4, -0.2) is 20.2 Å². The number of rotatable bonds is 5. The topological polar surface area (TPSA) is 68.9 Å². The third kappa shape index (κ3) is 4.95. The molecule has 0 radical (unpaired) electrons. The van der Waals surface area contributed by atoms with Crippen LogP contribution in [0.25, 0.3) is 0 Å². The van der Waals surface area contributed by atoms with Crippen LogP contribution in [-0.2, 0) is 12.7 Å². The number of hydrogen-bond donors (Lipinski definition) is 2. The van der Waals surface area contributed by atoms with Gasteiger partial charge in [-0.25, -0.2) is 4.99 Å². The number of hydrogen-bond acceptors (Lipinski definition) is 3. The number of halogens is 4. The Balaban J connectivity index is 2.17. The second kappa shape index (κ2) is 8.18. The first-order valence-electron chi connectivity index (χ1n) is 7.39. The van der Waals surface area contributed by atoms with Crippen molar-refractivity contribution in [2.24, 2.45) is 10.7 Å². The molecule has 0 aliphatic heterocycles. The van der Waals surface area contributed by atoms with Gasteiger partial charge >= 0.3 is 6.18 Å². The highest BCUT2D eigenvalue weighted by molar-refractivity contribution is 6.32. The summed E-state index contributed by atoms with van der Waals surface area (Å²) in [6, 6.07) is 8.52. The minimum atomic E-state index is -4.52. The zero-order valence-corrected chi connectivity index (χ0v) is 14.8. The number of nitrogens with one attached hydrogen (secondary N) is 1. The van der Waals surface area contributed by atoms with E-state index in [1.807, 2.05) is 0 Å². The largest absolute Gasteiger partial charge is 0.497 e. The lowest BCUT2D eigenvalue weighted by atomic mass is 10.1. The Morgan fingerprint density at radius 2 is 1.88 bits per heavy atom. The molecule has 5 nitrogen and oxygen atoms in total. The van der Waals surface area contributed by atoms with E-state index in [2.05, 4.69) is 10.3 Å². The Kier molecular flexibility index (Phi) is 6.20. The van der Waals surface area contributed by atoms with E-state index < -0.39 is 11.7 Å². The molecule has 140 valence electrons. The van der Waals surface area contributed by atoms with E-state index in [1.165, 1.54) is 26.4 Å². The van der Waals surface area contributed by atoms with Crippen molar-refractivity contribution < 1.29 is 22.6 Å². The number of nitrogens with zero attached hydrogens (tertiary/aromatic N) is 1. The molecule has 26 heavy (non-hydrogen) atoms. The van der Waals surface area contributed by atoms with Crippen molar-refractivity contribution in [3.05, 3.63) is 52.5 Å². The number of ether oxygens (including phenoxy) is 2. The van der Waals surface area contributed by atoms with Gasteiger partial charge in [-0.05, 0) is 35.9 Å². The van der Waals surface area contributed by atoms with Gasteiger partial charge < -0.3 is 20.5 Å². The Labute approximate surface area is 153 Å². The van der Waals surface area contributed by atoms with Crippen LogP contribution in [0.5, 0.6) is 11.5 Å². The van der Waals surface area contributed by atoms with E-state index in [0.29, 0.717) is 16.5 Å². The van der Waals surface area contributed by atoms with E-state index in [1.54, 1.807) is 18.2 Å². The maximum Gasteiger partial charge on any atom is 0.416 e. The first-order valence-corrected chi connectivity index (χ1v) is 7.77. The summed E-state index contributed by atoms with van der Waals surface area (Å²) < 4.78 is 49.4. The van der Waals surface area contributed by atoms with Gasteiger partial charge in [-0.15, -0.1) is 0 Å². The van der Waals surface area contributed by atoms with Gasteiger partial charge in [-0.1, -0.05) is 17.7 Å². The van der Waals surface area contributed by atoms with E-state index in [4.69, 9.17) is 26.8 Å². The number of anilines is 1. The van der Waals surface area contributed by atoms with Gasteiger partial charge in [0.15, 0.2) is 5.96 Å². The monoisotopic (exact) mass is 387 g/mol. The molecule has 2 rings (SSSR count). The SMILES string of the molecule is COc1ccc(CN=C(N)Nc2ccc(OC)c(Cl)c2)c(C(F)(F)F)c1. The number of alkyl halides is 3. The van der Waals surface area contributed by atoms with Gasteiger partial charge in [0.25, 0.3) is 0 Å². The lowest BCUT2D eigenvalue weighted by Crippen LogP contribution is -2.22. The van der Waals surface area contributed by atoms with Crippen molar-refractivity contribution in [2.75, 3.05) is 19.5 Å². The van der Waals surface area contributed by atoms with Gasteiger partial charge in [0, 0.05) is 5.69 Å². The molecule has 9 heteroatoms. The average molecular weight is 388 g/mol. The minimum Gasteiger partial charge on any atom is -0.497 e. The summed E-state index contributed by atoms with van der Waals surface area (Å²) in [5, 5.41) is 3.13. The second-order valence-corrected chi connectivity index (χ2v) is 5.60. The second-order valence-electron chi connectivity index (χ2n) is 5.20. The smallest absolute Gasteiger partial charge is 0.416 e. The van der Waals surface area contributed by atoms with Crippen LogP contribution in [0.1, 0.15) is 11.1 Å². The number of nitrogens with two attached hydrogens (primary N) is 1. The first-order chi connectivity index (χ1) is 12.2. The van der Waals surface area contributed by atoms with Crippen LogP contribution < -0.4 is 20.5 Å². The van der Waals surface area contributed by atoms with Gasteiger partial charge in [0.2, 0.25) is 0 Å². The third-order valence-electron chi connectivity index (χ3n) is 3.47. The zero-order valence-electron chi connectivity index (χ0n) is 14.0. The molecule has 0 unspecified atom stereocenters. The normalized spacial score (nSPS) is 12.0. The molecule has 3 N–H and O–H groups in total. The lowest BCUT2D eigenvalue weighted by molar-refractivity contribution is -0.138. The molecule has 0 spiro atoms. The highest BCUT2D eigenvalue weighted by Gasteiger charge is 2.33. The molecule has 0 aliphatic carbocycles. The molecule has 0 aromatic heterocycles. The number of guanidine groups is 1. The molecule has 0 aliphatic rings. The van der Waals surface area contributed by atoms with Crippen LogP contribution in [0.2, 0.25) is 5.02 Å². The highest BCUT2D eigenvalue weighted by atomic mass is 35.5. The fourth-order valence-electron chi connectivity index (χ4n) is 2.19. The summed E-state index contributed by atoms with van der Waals surface area (Å²) in [6.07, 6.45) is -4.52. The van der Waals surface area contributed by atoms with Crippen molar-refractivity contribution >= 4 is 23.2 Å². The summed E-state index contributed by atoms with van der Waals surface area (Å²) in [5.41, 5.74) is 5.44. The molecule has 0 amide bonds. The Hall–Kier alpha value is -2.61. The van der Waals surface area contributed by atoms with Crippen molar-refractivity contribution in [1.29, 1.82) is 0 Å². The maximum atomic E-state index is 13.2. The van der Waals surface area contributed by atoms with Crippen LogP contribution in [0.3, 0.4) is 0 Å². The Bertz CT molecular complexity index is 810. The highest BCUT2D eigenvalue weighted by Crippen LogP contribution is 2.34. The molecule has 0 atom stereocenters. The molecular formula is C17H17ClF3N3O2. The Morgan fingerprint density at radius 3 is 2.46 bits per heavy atom. The van der Waals surface area contributed by atoms with Crippen LogP contribution in [0.4, 0.5) is 18.9 Å². The maximum absolute atomic E-state index is 13.2. The molecule has 2 aromatic rings. The number of aliphatic imine (C=N–C) groups is 1. The first kappa shape index (κ1) is 19.7. The summed E-state index contributed by atoms with van der Waals surface area (Å²) in [6.45, 7) is -0.248. The molecule has 0 heterocycles. The van der Waals surface area contributed by atoms with Gasteiger partial charge in [0.1, 0.15) is 11.5 Å². The summed E-state index contributed by atoms with van der Waals surface area (Å²) in [7, 11) is 2.78. The van der Waals surface area contributed by atoms with Crippen LogP contribution >= 0.6 is 11.6 Å². The molecule has 2 aromatic carbocycles. The van der Waals surface area contributed by atoms with Crippen LogP contribution in [0, 0.1) is 0 Å². The molecule has 0 fully saturated rings. The van der Waals surface area contributed by atoms with E-state index in [9.17, 15) is 13.2 Å². The number of benzene rings is 2. The van der Waals surface area contributed by atoms with Gasteiger partial charge in [0.05, 0.1) is 31.4 Å². The predicted octanol–water partition coefficient (Wildman–Crippen LogP) is 4.30. The lowest BCUT2D eigenvalue weighted by Gasteiger charge is -2.13. The van der Waals surface area contributed by atoms with E-state index in [-0.39, 0.29) is 23.8 Å². The predicted molar refractivity (Wildman–Crippen MR) is 94.9 cm³/mol. The van der Waals surface area contributed by atoms with Crippen LogP contribution in [0.15, 0.2) is 41.4 Å². The van der Waals surface area contributed by atoms with Gasteiger partial charge in [-0.2, -0.15) is 13.2 Å². The Morgan fingerprint density at radius 1 is 1.15 bits per heavy atom.